The van der Waals surface area contributed by atoms with Crippen LogP contribution in [0, 0.1) is 11.6 Å². The molecule has 0 radical (unpaired) electrons. The van der Waals surface area contributed by atoms with Gasteiger partial charge in [0.05, 0.1) is 5.60 Å². The van der Waals surface area contributed by atoms with Gasteiger partial charge in [-0.2, -0.15) is 12.7 Å². The van der Waals surface area contributed by atoms with E-state index in [1.54, 1.807) is 54.8 Å². The number of aliphatic hydroxyl groups is 1. The summed E-state index contributed by atoms with van der Waals surface area (Å²) in [5, 5.41) is 23.2. The third-order valence-electron chi connectivity index (χ3n) is 15.6. The quantitative estimate of drug-likeness (QED) is 0.0762. The van der Waals surface area contributed by atoms with Gasteiger partial charge in [0.15, 0.2) is 0 Å². The zero-order valence-electron chi connectivity index (χ0n) is 41.0. The van der Waals surface area contributed by atoms with Crippen LogP contribution in [-0.2, 0) is 46.5 Å². The summed E-state index contributed by atoms with van der Waals surface area (Å²) in [6.07, 6.45) is 5.29. The fourth-order valence-electron chi connectivity index (χ4n) is 11.1. The van der Waals surface area contributed by atoms with Crippen LogP contribution in [0.5, 0.6) is 0 Å². The van der Waals surface area contributed by atoms with E-state index < -0.39 is 27.5 Å². The van der Waals surface area contributed by atoms with Crippen LogP contribution >= 0.6 is 0 Å². The highest BCUT2D eigenvalue weighted by Crippen LogP contribution is 2.53. The van der Waals surface area contributed by atoms with Gasteiger partial charge in [0.1, 0.15) is 17.2 Å². The van der Waals surface area contributed by atoms with Crippen molar-refractivity contribution in [2.24, 2.45) is 0 Å². The number of benzene rings is 4. The van der Waals surface area contributed by atoms with E-state index in [0.29, 0.717) is 50.4 Å². The lowest BCUT2D eigenvalue weighted by atomic mass is 9.55. The van der Waals surface area contributed by atoms with Gasteiger partial charge >= 0.3 is 34.4 Å². The summed E-state index contributed by atoms with van der Waals surface area (Å²) < 4.78 is 62.7. The number of hydrogen-bond acceptors (Lipinski definition) is 8. The molecule has 3 heterocycles. The number of nitrogens with zero attached hydrogens (tertiary/aromatic N) is 3. The number of ether oxygens (including phenoxy) is 1. The predicted molar refractivity (Wildman–Crippen MR) is 267 cm³/mol. The molecule has 19 heteroatoms. The Labute approximate surface area is 419 Å². The van der Waals surface area contributed by atoms with Crippen LogP contribution in [0.4, 0.5) is 39.3 Å². The summed E-state index contributed by atoms with van der Waals surface area (Å²) in [6.45, 7) is 6.65. The summed E-state index contributed by atoms with van der Waals surface area (Å²) >= 11 is 0. The molecule has 6 aliphatic rings. The summed E-state index contributed by atoms with van der Waals surface area (Å²) in [7, 11) is -4.21. The minimum Gasteiger partial charge on any atom is -0.443 e. The molecule has 1 unspecified atom stereocenters. The van der Waals surface area contributed by atoms with Crippen molar-refractivity contribution in [2.75, 3.05) is 30.3 Å². The van der Waals surface area contributed by atoms with Crippen molar-refractivity contribution in [1.29, 1.82) is 0 Å². The topological polar surface area (TPSA) is 202 Å². The number of amides is 7. The number of rotatable bonds is 13. The van der Waals surface area contributed by atoms with Crippen molar-refractivity contribution in [3.63, 3.8) is 0 Å². The van der Waals surface area contributed by atoms with E-state index in [1.165, 1.54) is 34.1 Å². The Bertz CT molecular complexity index is 2800. The Balaban J connectivity index is 0.661. The van der Waals surface area contributed by atoms with Gasteiger partial charge in [0, 0.05) is 62.7 Å². The van der Waals surface area contributed by atoms with Gasteiger partial charge in [-0.25, -0.2) is 32.7 Å². The molecule has 7 amide bonds. The average Bonchev–Trinajstić information content (AvgIpc) is 3.98. The minimum atomic E-state index is -4.21. The molecule has 6 N–H and O–H groups in total. The Morgan fingerprint density at radius 1 is 0.694 bits per heavy atom. The summed E-state index contributed by atoms with van der Waals surface area (Å²) in [5.74, 6) is -0.580. The molecule has 3 aliphatic carbocycles. The van der Waals surface area contributed by atoms with Crippen LogP contribution in [0.15, 0.2) is 84.9 Å². The summed E-state index contributed by atoms with van der Waals surface area (Å²) in [5.41, 5.74) is 4.07. The number of fused-ring (bicyclic) bond motifs is 5. The molecule has 10 rings (SSSR count). The summed E-state index contributed by atoms with van der Waals surface area (Å²) in [6, 6.07) is 23.7. The molecular weight excluding hydrogens is 947 g/mol. The number of carbonyl (C=O) groups is 4. The van der Waals surface area contributed by atoms with E-state index in [1.807, 2.05) is 29.0 Å². The van der Waals surface area contributed by atoms with Crippen molar-refractivity contribution in [1.82, 2.24) is 29.5 Å². The van der Waals surface area contributed by atoms with E-state index in [9.17, 15) is 41.5 Å². The van der Waals surface area contributed by atoms with Gasteiger partial charge in [-0.1, -0.05) is 36.4 Å². The fourth-order valence-corrected chi connectivity index (χ4v) is 12.2. The molecule has 4 fully saturated rings. The minimum absolute atomic E-state index is 0.0196. The first-order valence-electron chi connectivity index (χ1n) is 24.8. The van der Waals surface area contributed by atoms with E-state index in [4.69, 9.17) is 4.74 Å². The number of anilines is 2. The van der Waals surface area contributed by atoms with Gasteiger partial charge in [-0.3, -0.25) is 0 Å². The third kappa shape index (κ3) is 11.6. The lowest BCUT2D eigenvalue weighted by Crippen LogP contribution is -2.60. The molecule has 72 heavy (non-hydrogen) atoms. The van der Waals surface area contributed by atoms with Crippen LogP contribution < -0.4 is 26.0 Å². The van der Waals surface area contributed by atoms with Crippen LogP contribution in [0.3, 0.4) is 0 Å². The van der Waals surface area contributed by atoms with Gasteiger partial charge in [0.25, 0.3) is 0 Å². The molecule has 3 aliphatic heterocycles. The number of hydrogen-bond donors (Lipinski definition) is 6. The molecule has 0 aromatic heterocycles. The monoisotopic (exact) mass is 1010 g/mol. The van der Waals surface area contributed by atoms with Crippen molar-refractivity contribution in [3.05, 3.63) is 130 Å². The van der Waals surface area contributed by atoms with Gasteiger partial charge in [-0.05, 0) is 178 Å². The van der Waals surface area contributed by atoms with Crippen LogP contribution in [-0.4, -0.2) is 88.2 Å². The maximum atomic E-state index is 13.7. The molecule has 4 aromatic rings. The smallest absolute Gasteiger partial charge is 0.422 e. The summed E-state index contributed by atoms with van der Waals surface area (Å²) in [4.78, 5) is 55.4. The van der Waals surface area contributed by atoms with E-state index >= 15 is 0 Å². The van der Waals surface area contributed by atoms with Crippen molar-refractivity contribution in [3.8, 4) is 0 Å². The molecule has 1 atom stereocenters. The second kappa shape index (κ2) is 19.9. The highest BCUT2D eigenvalue weighted by molar-refractivity contribution is 7.87. The largest absolute Gasteiger partial charge is 0.443 e. The number of urea groups is 3. The zero-order valence-corrected chi connectivity index (χ0v) is 41.8. The van der Waals surface area contributed by atoms with Gasteiger partial charge < -0.3 is 40.9 Å². The van der Waals surface area contributed by atoms with E-state index in [2.05, 4.69) is 33.4 Å². The average molecular weight is 1010 g/mol. The molecule has 16 nitrogen and oxygen atoms in total. The molecule has 2 bridgehead atoms. The Kier molecular flexibility index (Phi) is 14.0. The number of nitrogens with one attached hydrogen (secondary N) is 5. The highest BCUT2D eigenvalue weighted by atomic mass is 32.2. The normalized spacial score (nSPS) is 21.8. The number of halogens is 2. The van der Waals surface area contributed by atoms with Crippen molar-refractivity contribution >= 4 is 45.8 Å². The van der Waals surface area contributed by atoms with Crippen LogP contribution in [0.1, 0.15) is 124 Å². The van der Waals surface area contributed by atoms with Gasteiger partial charge in [0.2, 0.25) is 0 Å². The molecule has 1 saturated heterocycles. The van der Waals surface area contributed by atoms with Gasteiger partial charge in [-0.15, -0.1) is 0 Å². The second-order valence-electron chi connectivity index (χ2n) is 21.4. The van der Waals surface area contributed by atoms with Crippen LogP contribution in [0.2, 0.25) is 0 Å². The Hall–Kier alpha value is -6.31. The molecule has 0 spiro atoms. The van der Waals surface area contributed by atoms with E-state index in [-0.39, 0.29) is 79.1 Å². The molecule has 4 aromatic carbocycles. The lowest BCUT2D eigenvalue weighted by molar-refractivity contribution is -0.00270. The van der Waals surface area contributed by atoms with Crippen molar-refractivity contribution in [2.45, 2.75) is 139 Å². The molecule has 3 saturated carbocycles. The fraction of sp³-hybridized carbons (Fsp3) is 0.472. The van der Waals surface area contributed by atoms with Crippen molar-refractivity contribution < 1.29 is 46.2 Å². The Morgan fingerprint density at radius 2 is 1.19 bits per heavy atom. The maximum Gasteiger partial charge on any atom is 0.422 e. The predicted octanol–water partition coefficient (Wildman–Crippen LogP) is 8.86. The lowest BCUT2D eigenvalue weighted by Gasteiger charge is -2.54. The second-order valence-corrected chi connectivity index (χ2v) is 23.1. The standard InChI is InChI=1S/C53H64F2N8O8S/c1-50(2,71-49(67)60-72(69,70)63-26-16-36(17-27-63)35-6-12-44(13-7-35)57-47(65)61-30-37-4-10-42(54)28-39(37)32-61)18-19-51(3,68)34-56-46(64)59-53-23-20-52(21-24-53,22-25-53)41-8-14-45(15-9-41)58-48(66)62-31-38-5-11-43(55)29-40(38)33-62/h4-15,28-29,36,68H,16-27,30-34H2,1-3H3,(H,57,65)(H,58,66)(H,60,67)(H2,56,59,64). The first-order chi connectivity index (χ1) is 34.1. The zero-order chi connectivity index (χ0) is 51.1. The first kappa shape index (κ1) is 50.6. The van der Waals surface area contributed by atoms with E-state index in [0.717, 1.165) is 66.3 Å². The third-order valence-corrected chi connectivity index (χ3v) is 17.1. The highest BCUT2D eigenvalue weighted by Gasteiger charge is 2.50. The number of piperidine rings is 1. The SMILES string of the molecule is CC(O)(CCC(C)(C)OC(=O)NS(=O)(=O)N1CCC(c2ccc(NC(=O)N3Cc4ccc(F)cc4C3)cc2)CC1)CNC(=O)NC12CCC(c3ccc(NC(=O)N4Cc5ccc(F)cc5C4)cc3)(CC1)CC2. The number of carbonyl (C=O) groups excluding carboxylic acids is 4. The van der Waals surface area contributed by atoms with Crippen LogP contribution in [0.25, 0.3) is 0 Å². The Morgan fingerprint density at radius 3 is 1.72 bits per heavy atom. The molecular formula is C53H64F2N8O8S. The first-order valence-corrected chi connectivity index (χ1v) is 26.3. The molecule has 384 valence electrons. The maximum absolute atomic E-state index is 13.7.